The topological polar surface area (TPSA) is 58.6 Å². The highest BCUT2D eigenvalue weighted by Gasteiger charge is 2.19. The number of ether oxygens (including phenoxy) is 1. The van der Waals surface area contributed by atoms with Gasteiger partial charge in [-0.15, -0.1) is 0 Å². The maximum Gasteiger partial charge on any atom is 0.264 e. The van der Waals surface area contributed by atoms with Crippen molar-refractivity contribution in [3.63, 3.8) is 0 Å². The number of carbonyl (C=O) groups excluding carboxylic acids is 2. The smallest absolute Gasteiger partial charge is 0.264 e. The van der Waals surface area contributed by atoms with Gasteiger partial charge >= 0.3 is 0 Å². The van der Waals surface area contributed by atoms with Gasteiger partial charge in [0.15, 0.2) is 5.78 Å². The van der Waals surface area contributed by atoms with E-state index in [1.807, 2.05) is 0 Å². The highest BCUT2D eigenvalue weighted by molar-refractivity contribution is 7.80. The first-order chi connectivity index (χ1) is 13.4. The maximum absolute atomic E-state index is 12.4. The van der Waals surface area contributed by atoms with Crippen molar-refractivity contribution in [2.75, 3.05) is 18.4 Å². The Labute approximate surface area is 170 Å². The lowest BCUT2D eigenvalue weighted by molar-refractivity contribution is 0.101. The fourth-order valence-corrected chi connectivity index (χ4v) is 3.30. The van der Waals surface area contributed by atoms with Crippen LogP contribution in [0, 0.1) is 5.92 Å². The Hall–Kier alpha value is -2.73. The summed E-state index contributed by atoms with van der Waals surface area (Å²) in [7, 11) is 0. The van der Waals surface area contributed by atoms with Crippen LogP contribution >= 0.6 is 12.2 Å². The fourth-order valence-electron chi connectivity index (χ4n) is 3.02. The van der Waals surface area contributed by atoms with Crippen molar-refractivity contribution < 1.29 is 14.3 Å². The van der Waals surface area contributed by atoms with Crippen LogP contribution in [0.4, 0.5) is 5.69 Å². The number of benzene rings is 2. The number of nitrogens with one attached hydrogen (secondary N) is 1. The molecule has 3 rings (SSSR count). The second-order valence-corrected chi connectivity index (χ2v) is 7.50. The molecule has 0 spiro atoms. The highest BCUT2D eigenvalue weighted by Crippen LogP contribution is 2.19. The number of hydrogen-bond donors (Lipinski definition) is 1. The second-order valence-electron chi connectivity index (χ2n) is 7.15. The van der Waals surface area contributed by atoms with Crippen molar-refractivity contribution in [2.24, 2.45) is 5.92 Å². The van der Waals surface area contributed by atoms with E-state index >= 15 is 0 Å². The molecule has 0 atom stereocenters. The highest BCUT2D eigenvalue weighted by atomic mass is 32.1. The molecule has 0 aliphatic carbocycles. The van der Waals surface area contributed by atoms with Gasteiger partial charge in [-0.05, 0) is 86.4 Å². The average Bonchev–Trinajstić information content (AvgIpc) is 2.69. The number of piperidine rings is 1. The summed E-state index contributed by atoms with van der Waals surface area (Å²) in [4.78, 5) is 25.8. The number of carbonyl (C=O) groups is 2. The van der Waals surface area contributed by atoms with E-state index in [0.717, 1.165) is 31.8 Å². The third-order valence-corrected chi connectivity index (χ3v) is 5.25. The van der Waals surface area contributed by atoms with Crippen LogP contribution in [0.15, 0.2) is 48.5 Å². The van der Waals surface area contributed by atoms with Crippen molar-refractivity contribution in [1.29, 1.82) is 0 Å². The first-order valence-corrected chi connectivity index (χ1v) is 9.82. The van der Waals surface area contributed by atoms with Crippen LogP contribution in [0.5, 0.6) is 5.75 Å². The summed E-state index contributed by atoms with van der Waals surface area (Å²) in [6, 6.07) is 13.7. The fraction of sp³-hybridized carbons (Fsp3) is 0.318. The molecule has 0 aromatic heterocycles. The van der Waals surface area contributed by atoms with Gasteiger partial charge in [-0.2, -0.15) is 0 Å². The average molecular weight is 397 g/mol. The molecule has 1 heterocycles. The third-order valence-electron chi connectivity index (χ3n) is 4.91. The predicted molar refractivity (Wildman–Crippen MR) is 114 cm³/mol. The van der Waals surface area contributed by atoms with Crippen molar-refractivity contribution in [2.45, 2.75) is 26.7 Å². The standard InChI is InChI=1S/C22H24N2O3S/c1-15-11-13-24(14-12-15)22(28)27-20-9-5-18(6-10-20)21(26)23-19-7-3-17(4-8-19)16(2)25/h3-10,15H,11-14H2,1-2H3,(H,23,26). The summed E-state index contributed by atoms with van der Waals surface area (Å²) >= 11 is 5.39. The Morgan fingerprint density at radius 3 is 2.14 bits per heavy atom. The molecule has 0 radical (unpaired) electrons. The maximum atomic E-state index is 12.4. The van der Waals surface area contributed by atoms with Crippen LogP contribution in [0.2, 0.25) is 0 Å². The summed E-state index contributed by atoms with van der Waals surface area (Å²) in [6.45, 7) is 5.60. The monoisotopic (exact) mass is 396 g/mol. The van der Waals surface area contributed by atoms with E-state index in [-0.39, 0.29) is 11.7 Å². The van der Waals surface area contributed by atoms with Crippen LogP contribution in [0.25, 0.3) is 0 Å². The number of Topliss-reactive ketones (excluding diaryl/α,β-unsaturated/α-hetero) is 1. The zero-order valence-electron chi connectivity index (χ0n) is 16.1. The molecule has 0 unspecified atom stereocenters. The summed E-state index contributed by atoms with van der Waals surface area (Å²) in [5, 5.41) is 3.30. The van der Waals surface area contributed by atoms with Gasteiger partial charge in [-0.3, -0.25) is 9.59 Å². The summed E-state index contributed by atoms with van der Waals surface area (Å²) in [6.07, 6.45) is 2.24. The second kappa shape index (κ2) is 8.97. The van der Waals surface area contributed by atoms with Crippen molar-refractivity contribution in [3.8, 4) is 5.75 Å². The molecule has 0 saturated carbocycles. The molecular formula is C22H24N2O3S. The van der Waals surface area contributed by atoms with Gasteiger partial charge < -0.3 is 15.0 Å². The number of rotatable bonds is 4. The van der Waals surface area contributed by atoms with E-state index in [0.29, 0.717) is 27.7 Å². The Balaban J connectivity index is 1.56. The molecule has 0 bridgehead atoms. The van der Waals surface area contributed by atoms with Gasteiger partial charge in [0.1, 0.15) is 5.75 Å². The lowest BCUT2D eigenvalue weighted by Gasteiger charge is -2.31. The van der Waals surface area contributed by atoms with Crippen LogP contribution in [-0.2, 0) is 0 Å². The molecule has 146 valence electrons. The van der Waals surface area contributed by atoms with Crippen LogP contribution in [0.1, 0.15) is 47.4 Å². The first kappa shape index (κ1) is 20.0. The number of amides is 1. The number of nitrogens with zero attached hydrogens (tertiary/aromatic N) is 1. The summed E-state index contributed by atoms with van der Waals surface area (Å²) in [5.74, 6) is 1.11. The van der Waals surface area contributed by atoms with Gasteiger partial charge in [0.25, 0.3) is 11.1 Å². The van der Waals surface area contributed by atoms with Gasteiger partial charge in [-0.25, -0.2) is 0 Å². The normalized spacial score (nSPS) is 14.4. The zero-order valence-corrected chi connectivity index (χ0v) is 16.9. The van der Waals surface area contributed by atoms with Crippen molar-refractivity contribution >= 4 is 34.8 Å². The molecule has 1 saturated heterocycles. The van der Waals surface area contributed by atoms with Gasteiger partial charge in [0, 0.05) is 29.9 Å². The van der Waals surface area contributed by atoms with Crippen LogP contribution in [-0.4, -0.2) is 34.9 Å². The van der Waals surface area contributed by atoms with E-state index in [1.165, 1.54) is 6.92 Å². The van der Waals surface area contributed by atoms with Gasteiger partial charge in [0.2, 0.25) is 0 Å². The number of anilines is 1. The minimum Gasteiger partial charge on any atom is -0.432 e. The Bertz CT molecular complexity index is 854. The third kappa shape index (κ3) is 5.16. The van der Waals surface area contributed by atoms with Crippen molar-refractivity contribution in [1.82, 2.24) is 4.90 Å². The molecule has 1 aliphatic heterocycles. The lowest BCUT2D eigenvalue weighted by atomic mass is 10.00. The van der Waals surface area contributed by atoms with E-state index in [2.05, 4.69) is 17.1 Å². The van der Waals surface area contributed by atoms with Crippen molar-refractivity contribution in [3.05, 3.63) is 59.7 Å². The Morgan fingerprint density at radius 1 is 1.00 bits per heavy atom. The molecule has 28 heavy (non-hydrogen) atoms. The molecular weight excluding hydrogens is 372 g/mol. The minimum absolute atomic E-state index is 0.00885. The summed E-state index contributed by atoms with van der Waals surface area (Å²) < 4.78 is 5.77. The number of hydrogen-bond acceptors (Lipinski definition) is 4. The number of thiocarbonyl (C=S) groups is 1. The minimum atomic E-state index is -0.227. The summed E-state index contributed by atoms with van der Waals surface area (Å²) in [5.41, 5.74) is 1.76. The van der Waals surface area contributed by atoms with Gasteiger partial charge in [-0.1, -0.05) is 6.92 Å². The van der Waals surface area contributed by atoms with Crippen LogP contribution in [0.3, 0.4) is 0 Å². The quantitative estimate of drug-likeness (QED) is 0.607. The largest absolute Gasteiger partial charge is 0.432 e. The van der Waals surface area contributed by atoms with E-state index in [9.17, 15) is 9.59 Å². The zero-order chi connectivity index (χ0) is 20.1. The molecule has 1 fully saturated rings. The predicted octanol–water partition coefficient (Wildman–Crippen LogP) is 4.54. The lowest BCUT2D eigenvalue weighted by Crippen LogP contribution is -2.39. The molecule has 1 amide bonds. The Morgan fingerprint density at radius 2 is 1.57 bits per heavy atom. The van der Waals surface area contributed by atoms with Gasteiger partial charge in [0.05, 0.1) is 0 Å². The Kier molecular flexibility index (Phi) is 6.41. The molecule has 5 nitrogen and oxygen atoms in total. The van der Waals surface area contributed by atoms with E-state index in [4.69, 9.17) is 17.0 Å². The first-order valence-electron chi connectivity index (χ1n) is 9.41. The molecule has 1 aliphatic rings. The molecule has 6 heteroatoms. The SMILES string of the molecule is CC(=O)c1ccc(NC(=O)c2ccc(OC(=S)N3CCC(C)CC3)cc2)cc1. The molecule has 2 aromatic rings. The number of likely N-dealkylation sites (tertiary alicyclic amines) is 1. The number of ketones is 1. The van der Waals surface area contributed by atoms with Crippen LogP contribution < -0.4 is 10.1 Å². The molecule has 1 N–H and O–H groups in total. The van der Waals surface area contributed by atoms with E-state index in [1.54, 1.807) is 48.5 Å². The van der Waals surface area contributed by atoms with E-state index < -0.39 is 0 Å². The molecule has 2 aromatic carbocycles.